The third-order valence-electron chi connectivity index (χ3n) is 4.08. The van der Waals surface area contributed by atoms with Crippen molar-refractivity contribution in [2.75, 3.05) is 5.32 Å². The number of aromatic nitrogens is 3. The molecule has 0 aliphatic carbocycles. The molecule has 6 heteroatoms. The Hall–Kier alpha value is -3.54. The Balaban J connectivity index is 1.70. The average molecular weight is 346 g/mol. The summed E-state index contributed by atoms with van der Waals surface area (Å²) in [5.74, 6) is -1.08. The van der Waals surface area contributed by atoms with Gasteiger partial charge in [0.2, 0.25) is 0 Å². The normalized spacial score (nSPS) is 10.8. The van der Waals surface area contributed by atoms with Crippen LogP contribution in [0.15, 0.2) is 66.9 Å². The lowest BCUT2D eigenvalue weighted by molar-refractivity contribution is 0.102. The van der Waals surface area contributed by atoms with E-state index in [0.717, 1.165) is 16.8 Å². The van der Waals surface area contributed by atoms with E-state index in [9.17, 15) is 9.18 Å². The van der Waals surface area contributed by atoms with Crippen molar-refractivity contribution in [3.05, 3.63) is 83.9 Å². The summed E-state index contributed by atoms with van der Waals surface area (Å²) in [6, 6.07) is 17.3. The van der Waals surface area contributed by atoms with E-state index in [2.05, 4.69) is 15.4 Å². The van der Waals surface area contributed by atoms with Gasteiger partial charge in [-0.1, -0.05) is 30.3 Å². The maximum absolute atomic E-state index is 13.8. The van der Waals surface area contributed by atoms with Crippen molar-refractivity contribution in [3.8, 4) is 5.69 Å². The van der Waals surface area contributed by atoms with E-state index in [-0.39, 0.29) is 5.56 Å². The number of pyridine rings is 1. The second-order valence-corrected chi connectivity index (χ2v) is 5.86. The minimum atomic E-state index is -0.563. The molecule has 0 saturated carbocycles. The number of halogens is 1. The van der Waals surface area contributed by atoms with Gasteiger partial charge in [0.1, 0.15) is 5.82 Å². The number of hydrogen-bond donors (Lipinski definition) is 1. The van der Waals surface area contributed by atoms with Gasteiger partial charge in [0.05, 0.1) is 28.8 Å². The topological polar surface area (TPSA) is 59.8 Å². The molecule has 0 spiro atoms. The summed E-state index contributed by atoms with van der Waals surface area (Å²) >= 11 is 0. The fourth-order valence-corrected chi connectivity index (χ4v) is 2.81. The number of fused-ring (bicyclic) bond motifs is 1. The number of carbonyl (C=O) groups is 1. The molecular formula is C20H15FN4O. The minimum Gasteiger partial charge on any atom is -0.320 e. The van der Waals surface area contributed by atoms with Gasteiger partial charge in [0.15, 0.2) is 5.65 Å². The first-order chi connectivity index (χ1) is 12.6. The first-order valence-corrected chi connectivity index (χ1v) is 8.10. The number of benzene rings is 2. The molecule has 0 saturated heterocycles. The van der Waals surface area contributed by atoms with Crippen LogP contribution in [0.2, 0.25) is 0 Å². The Morgan fingerprint density at radius 1 is 1.08 bits per heavy atom. The van der Waals surface area contributed by atoms with Crippen LogP contribution >= 0.6 is 0 Å². The van der Waals surface area contributed by atoms with E-state index in [4.69, 9.17) is 0 Å². The standard InChI is InChI=1S/C20H15FN4O/c1-13-17-11-14(23-20(26)16-9-5-6-10-18(16)21)12-22-19(17)25(24-13)15-7-3-2-4-8-15/h2-12H,1H3,(H,23,26). The Kier molecular flexibility index (Phi) is 3.93. The molecule has 2 heterocycles. The maximum atomic E-state index is 13.8. The van der Waals surface area contributed by atoms with Crippen molar-refractivity contribution >= 4 is 22.6 Å². The zero-order chi connectivity index (χ0) is 18.1. The summed E-state index contributed by atoms with van der Waals surface area (Å²) in [7, 11) is 0. The van der Waals surface area contributed by atoms with Crippen molar-refractivity contribution in [1.82, 2.24) is 14.8 Å². The second-order valence-electron chi connectivity index (χ2n) is 5.86. The van der Waals surface area contributed by atoms with Crippen molar-refractivity contribution in [3.63, 3.8) is 0 Å². The average Bonchev–Trinajstić information content (AvgIpc) is 2.99. The molecule has 5 nitrogen and oxygen atoms in total. The first-order valence-electron chi connectivity index (χ1n) is 8.10. The highest BCUT2D eigenvalue weighted by Crippen LogP contribution is 2.23. The van der Waals surface area contributed by atoms with Crippen LogP contribution in [0.3, 0.4) is 0 Å². The Bertz CT molecular complexity index is 1110. The molecule has 4 rings (SSSR count). The fraction of sp³-hybridized carbons (Fsp3) is 0.0500. The molecule has 0 unspecified atom stereocenters. The lowest BCUT2D eigenvalue weighted by Gasteiger charge is -2.06. The maximum Gasteiger partial charge on any atom is 0.258 e. The van der Waals surface area contributed by atoms with Crippen molar-refractivity contribution in [2.24, 2.45) is 0 Å². The quantitative estimate of drug-likeness (QED) is 0.607. The Morgan fingerprint density at radius 2 is 1.81 bits per heavy atom. The third-order valence-corrected chi connectivity index (χ3v) is 4.08. The van der Waals surface area contributed by atoms with Gasteiger partial charge in [-0.2, -0.15) is 5.10 Å². The zero-order valence-electron chi connectivity index (χ0n) is 14.0. The van der Waals surface area contributed by atoms with Gasteiger partial charge >= 0.3 is 0 Å². The van der Waals surface area contributed by atoms with Gasteiger partial charge in [-0.3, -0.25) is 4.79 Å². The van der Waals surface area contributed by atoms with Gasteiger partial charge in [0.25, 0.3) is 5.91 Å². The summed E-state index contributed by atoms with van der Waals surface area (Å²) in [6.07, 6.45) is 1.54. The zero-order valence-corrected chi connectivity index (χ0v) is 14.0. The number of rotatable bonds is 3. The predicted molar refractivity (Wildman–Crippen MR) is 98.0 cm³/mol. The molecule has 0 aliphatic heterocycles. The van der Waals surface area contributed by atoms with Crippen LogP contribution in [-0.2, 0) is 0 Å². The minimum absolute atomic E-state index is 0.00991. The fourth-order valence-electron chi connectivity index (χ4n) is 2.81. The molecule has 26 heavy (non-hydrogen) atoms. The summed E-state index contributed by atoms with van der Waals surface area (Å²) < 4.78 is 15.5. The van der Waals surface area contributed by atoms with Gasteiger partial charge in [-0.05, 0) is 37.3 Å². The molecule has 1 amide bonds. The van der Waals surface area contributed by atoms with E-state index in [1.165, 1.54) is 12.1 Å². The van der Waals surface area contributed by atoms with Gasteiger partial charge in [-0.25, -0.2) is 14.1 Å². The summed E-state index contributed by atoms with van der Waals surface area (Å²) in [6.45, 7) is 1.88. The van der Waals surface area contributed by atoms with E-state index < -0.39 is 11.7 Å². The summed E-state index contributed by atoms with van der Waals surface area (Å²) in [5.41, 5.74) is 2.86. The predicted octanol–water partition coefficient (Wildman–Crippen LogP) is 4.12. The van der Waals surface area contributed by atoms with Crippen molar-refractivity contribution < 1.29 is 9.18 Å². The molecule has 4 aromatic rings. The smallest absolute Gasteiger partial charge is 0.258 e. The van der Waals surface area contributed by atoms with Gasteiger partial charge < -0.3 is 5.32 Å². The highest BCUT2D eigenvalue weighted by atomic mass is 19.1. The molecule has 2 aromatic heterocycles. The number of para-hydroxylation sites is 1. The molecular weight excluding hydrogens is 331 g/mol. The molecule has 2 aromatic carbocycles. The van der Waals surface area contributed by atoms with Crippen LogP contribution in [0.4, 0.5) is 10.1 Å². The van der Waals surface area contributed by atoms with E-state index in [1.807, 2.05) is 37.3 Å². The van der Waals surface area contributed by atoms with Crippen LogP contribution < -0.4 is 5.32 Å². The number of carbonyl (C=O) groups excluding carboxylic acids is 1. The molecule has 1 N–H and O–H groups in total. The number of hydrogen-bond acceptors (Lipinski definition) is 3. The number of aryl methyl sites for hydroxylation is 1. The second kappa shape index (κ2) is 6.40. The monoisotopic (exact) mass is 346 g/mol. The van der Waals surface area contributed by atoms with Gasteiger partial charge in [-0.15, -0.1) is 0 Å². The van der Waals surface area contributed by atoms with Crippen LogP contribution in [0, 0.1) is 12.7 Å². The van der Waals surface area contributed by atoms with Crippen molar-refractivity contribution in [1.29, 1.82) is 0 Å². The lowest BCUT2D eigenvalue weighted by atomic mass is 10.2. The molecule has 128 valence electrons. The number of anilines is 1. The van der Waals surface area contributed by atoms with Crippen LogP contribution in [0.25, 0.3) is 16.7 Å². The number of nitrogens with zero attached hydrogens (tertiary/aromatic N) is 3. The van der Waals surface area contributed by atoms with E-state index in [0.29, 0.717) is 11.3 Å². The number of amides is 1. The van der Waals surface area contributed by atoms with E-state index in [1.54, 1.807) is 29.1 Å². The number of nitrogens with one attached hydrogen (secondary N) is 1. The summed E-state index contributed by atoms with van der Waals surface area (Å²) in [5, 5.41) is 8.04. The van der Waals surface area contributed by atoms with Gasteiger partial charge in [0, 0.05) is 5.39 Å². The third kappa shape index (κ3) is 2.82. The Labute approximate surface area is 149 Å². The summed E-state index contributed by atoms with van der Waals surface area (Å²) in [4.78, 5) is 16.7. The van der Waals surface area contributed by atoms with Crippen LogP contribution in [0.5, 0.6) is 0 Å². The highest BCUT2D eigenvalue weighted by molar-refractivity contribution is 6.05. The lowest BCUT2D eigenvalue weighted by Crippen LogP contribution is -2.13. The Morgan fingerprint density at radius 3 is 2.58 bits per heavy atom. The molecule has 0 atom stereocenters. The highest BCUT2D eigenvalue weighted by Gasteiger charge is 2.14. The molecule has 0 fully saturated rings. The molecule has 0 aliphatic rings. The van der Waals surface area contributed by atoms with Crippen LogP contribution in [0.1, 0.15) is 16.1 Å². The van der Waals surface area contributed by atoms with Crippen LogP contribution in [-0.4, -0.2) is 20.7 Å². The molecule has 0 bridgehead atoms. The van der Waals surface area contributed by atoms with Crippen molar-refractivity contribution in [2.45, 2.75) is 6.92 Å². The van der Waals surface area contributed by atoms with E-state index >= 15 is 0 Å². The first kappa shape index (κ1) is 16.0. The largest absolute Gasteiger partial charge is 0.320 e. The SMILES string of the molecule is Cc1nn(-c2ccccc2)c2ncc(NC(=O)c3ccccc3F)cc12. The molecule has 0 radical (unpaired) electrons.